The summed E-state index contributed by atoms with van der Waals surface area (Å²) in [7, 11) is 0. The lowest BCUT2D eigenvalue weighted by Crippen LogP contribution is -2.51. The number of anilines is 1. The highest BCUT2D eigenvalue weighted by atomic mass is 16.5. The van der Waals surface area contributed by atoms with Crippen molar-refractivity contribution in [3.8, 4) is 5.88 Å². The molecule has 0 saturated carbocycles. The maximum absolute atomic E-state index is 13.1. The van der Waals surface area contributed by atoms with Gasteiger partial charge in [-0.2, -0.15) is 5.10 Å². The van der Waals surface area contributed by atoms with Crippen molar-refractivity contribution in [2.75, 3.05) is 31.3 Å². The first-order chi connectivity index (χ1) is 15.3. The first-order valence-electron chi connectivity index (χ1n) is 11.5. The van der Waals surface area contributed by atoms with E-state index in [9.17, 15) is 10.0 Å². The van der Waals surface area contributed by atoms with E-state index in [1.807, 2.05) is 17.7 Å². The van der Waals surface area contributed by atoms with Crippen LogP contribution in [0.2, 0.25) is 0 Å². The van der Waals surface area contributed by atoms with Gasteiger partial charge in [-0.25, -0.2) is 4.98 Å². The molecule has 0 radical (unpaired) electrons. The molecule has 0 spiro atoms. The summed E-state index contributed by atoms with van der Waals surface area (Å²) in [5, 5.41) is 18.7. The zero-order valence-electron chi connectivity index (χ0n) is 19.6. The number of rotatable bonds is 8. The van der Waals surface area contributed by atoms with Crippen LogP contribution < -0.4 is 9.80 Å². The molecule has 0 N–H and O–H groups in total. The number of likely N-dealkylation sites (tertiary alicyclic amines) is 1. The molecule has 2 aliphatic heterocycles. The molecule has 0 amide bonds. The first kappa shape index (κ1) is 22.5. The van der Waals surface area contributed by atoms with Crippen molar-refractivity contribution in [2.45, 2.75) is 59.5 Å². The van der Waals surface area contributed by atoms with Crippen molar-refractivity contribution in [1.29, 1.82) is 0 Å². The minimum Gasteiger partial charge on any atom is -0.757 e. The van der Waals surface area contributed by atoms with Gasteiger partial charge in [-0.15, -0.1) is 0 Å². The van der Waals surface area contributed by atoms with Crippen LogP contribution in [0, 0.1) is 5.21 Å². The highest BCUT2D eigenvalue weighted by Gasteiger charge is 2.34. The lowest BCUT2D eigenvalue weighted by molar-refractivity contribution is 0.0660. The smallest absolute Gasteiger partial charge is 0.221 e. The lowest BCUT2D eigenvalue weighted by Gasteiger charge is -2.42. The van der Waals surface area contributed by atoms with Gasteiger partial charge in [0.25, 0.3) is 0 Å². The monoisotopic (exact) mass is 438 g/mol. The molecule has 8 heteroatoms. The fourth-order valence-corrected chi connectivity index (χ4v) is 4.32. The number of aromatic nitrogens is 3. The van der Waals surface area contributed by atoms with Gasteiger partial charge in [0.05, 0.1) is 12.6 Å². The standard InChI is InChI=1S/C24H32N5O3/c1-6-8-32-24-20(9-17(11-25-24)16(5)30)18-10-21-22(7-2)29(26-23(21)28(31)12-18)19-13-27(14-19)15(3)4/h9-11,15,19H,6-8,12-14H2,1-5H3/q-1. The summed E-state index contributed by atoms with van der Waals surface area (Å²) >= 11 is 0. The normalized spacial score (nSPS) is 16.7. The van der Waals surface area contributed by atoms with Gasteiger partial charge in [0.1, 0.15) is 5.82 Å². The number of ether oxygens (including phenoxy) is 1. The van der Waals surface area contributed by atoms with Gasteiger partial charge in [-0.05, 0) is 51.3 Å². The van der Waals surface area contributed by atoms with E-state index >= 15 is 0 Å². The van der Waals surface area contributed by atoms with Crippen LogP contribution >= 0.6 is 0 Å². The predicted molar refractivity (Wildman–Crippen MR) is 126 cm³/mol. The van der Waals surface area contributed by atoms with Crippen molar-refractivity contribution in [2.24, 2.45) is 0 Å². The fraction of sp³-hybridized carbons (Fsp3) is 0.542. The van der Waals surface area contributed by atoms with E-state index in [0.717, 1.165) is 47.8 Å². The summed E-state index contributed by atoms with van der Waals surface area (Å²) in [6.45, 7) is 12.6. The van der Waals surface area contributed by atoms with E-state index in [1.54, 1.807) is 6.07 Å². The van der Waals surface area contributed by atoms with Gasteiger partial charge >= 0.3 is 0 Å². The molecule has 0 atom stereocenters. The highest BCUT2D eigenvalue weighted by Crippen LogP contribution is 2.38. The first-order valence-corrected chi connectivity index (χ1v) is 11.5. The number of hydroxylamine groups is 1. The summed E-state index contributed by atoms with van der Waals surface area (Å²) in [6.07, 6.45) is 5.19. The number of carbonyl (C=O) groups is 1. The Morgan fingerprint density at radius 2 is 2.06 bits per heavy atom. The number of hydrogen-bond donors (Lipinski definition) is 0. The van der Waals surface area contributed by atoms with Gasteiger partial charge in [-0.1, -0.05) is 13.8 Å². The molecule has 0 aromatic carbocycles. The van der Waals surface area contributed by atoms with Crippen LogP contribution in [0.3, 0.4) is 0 Å². The van der Waals surface area contributed by atoms with Gasteiger partial charge in [0.15, 0.2) is 5.78 Å². The van der Waals surface area contributed by atoms with Crippen molar-refractivity contribution in [3.63, 3.8) is 0 Å². The number of hydrogen-bond acceptors (Lipinski definition) is 7. The summed E-state index contributed by atoms with van der Waals surface area (Å²) < 4.78 is 7.90. The fourth-order valence-electron chi connectivity index (χ4n) is 4.32. The Morgan fingerprint density at radius 1 is 1.31 bits per heavy atom. The molecule has 172 valence electrons. The molecule has 32 heavy (non-hydrogen) atoms. The molecule has 0 bridgehead atoms. The second-order valence-corrected chi connectivity index (χ2v) is 8.87. The zero-order valence-corrected chi connectivity index (χ0v) is 19.6. The second-order valence-electron chi connectivity index (χ2n) is 8.87. The van der Waals surface area contributed by atoms with E-state index in [2.05, 4.69) is 30.7 Å². The topological polar surface area (TPSA) is 86.5 Å². The lowest BCUT2D eigenvalue weighted by atomic mass is 9.98. The number of Topliss-reactive ketones (excluding diaryl/α,β-unsaturated/α-hetero) is 1. The van der Waals surface area contributed by atoms with Crippen molar-refractivity contribution < 1.29 is 9.53 Å². The molecule has 8 nitrogen and oxygen atoms in total. The van der Waals surface area contributed by atoms with Crippen LogP contribution in [-0.2, 0) is 6.42 Å². The van der Waals surface area contributed by atoms with Crippen molar-refractivity contribution in [1.82, 2.24) is 19.7 Å². The van der Waals surface area contributed by atoms with Crippen LogP contribution in [0.1, 0.15) is 74.3 Å². The maximum atomic E-state index is 13.1. The van der Waals surface area contributed by atoms with Gasteiger partial charge in [0.2, 0.25) is 5.88 Å². The Balaban J connectivity index is 1.75. The number of carbonyl (C=O) groups excluding carboxylic acids is 1. The van der Waals surface area contributed by atoms with E-state index in [0.29, 0.717) is 35.5 Å². The van der Waals surface area contributed by atoms with Crippen LogP contribution in [0.5, 0.6) is 5.88 Å². The zero-order chi connectivity index (χ0) is 23.0. The number of ketones is 1. The predicted octanol–water partition coefficient (Wildman–Crippen LogP) is 3.96. The SMILES string of the molecule is CCCOc1ncc(C(C)=O)cc1C1=Cc2c(nn(C3CN(C(C)C)C3)c2CC)N([O-])C1. The van der Waals surface area contributed by atoms with Gasteiger partial charge < -0.3 is 15.0 Å². The Bertz CT molecular complexity index is 1040. The molecular weight excluding hydrogens is 406 g/mol. The van der Waals surface area contributed by atoms with E-state index in [1.165, 1.54) is 13.1 Å². The highest BCUT2D eigenvalue weighted by molar-refractivity contribution is 5.97. The third-order valence-corrected chi connectivity index (χ3v) is 6.25. The van der Waals surface area contributed by atoms with Crippen LogP contribution in [0.15, 0.2) is 12.3 Å². The van der Waals surface area contributed by atoms with Crippen LogP contribution in [0.25, 0.3) is 11.6 Å². The summed E-state index contributed by atoms with van der Waals surface area (Å²) in [5.74, 6) is 0.857. The largest absolute Gasteiger partial charge is 0.757 e. The van der Waals surface area contributed by atoms with Crippen molar-refractivity contribution in [3.05, 3.63) is 39.9 Å². The number of pyridine rings is 1. The minimum atomic E-state index is -0.0707. The number of fused-ring (bicyclic) bond motifs is 1. The molecule has 1 saturated heterocycles. The molecule has 2 aliphatic rings. The molecule has 2 aromatic rings. The minimum absolute atomic E-state index is 0.0707. The van der Waals surface area contributed by atoms with E-state index < -0.39 is 0 Å². The average Bonchev–Trinajstić information content (AvgIpc) is 3.09. The maximum Gasteiger partial charge on any atom is 0.221 e. The van der Waals surface area contributed by atoms with Crippen LogP contribution in [0.4, 0.5) is 5.82 Å². The summed E-state index contributed by atoms with van der Waals surface area (Å²) in [4.78, 5) is 18.8. The molecule has 1 fully saturated rings. The Labute approximate surface area is 189 Å². The summed E-state index contributed by atoms with van der Waals surface area (Å²) in [5.41, 5.74) is 3.92. The van der Waals surface area contributed by atoms with Gasteiger partial charge in [-0.3, -0.25) is 14.4 Å². The average molecular weight is 439 g/mol. The van der Waals surface area contributed by atoms with E-state index in [-0.39, 0.29) is 18.4 Å². The molecule has 2 aromatic heterocycles. The second kappa shape index (κ2) is 9.03. The molecule has 0 unspecified atom stereocenters. The third kappa shape index (κ3) is 4.04. The molecule has 4 rings (SSSR count). The molecule has 0 aliphatic carbocycles. The van der Waals surface area contributed by atoms with Crippen molar-refractivity contribution >= 4 is 23.3 Å². The van der Waals surface area contributed by atoms with Crippen LogP contribution in [-0.4, -0.2) is 57.7 Å². The Kier molecular flexibility index (Phi) is 6.35. The summed E-state index contributed by atoms with van der Waals surface area (Å²) in [6, 6.07) is 2.58. The molecular formula is C24H32N5O3-. The quantitative estimate of drug-likeness (QED) is 0.577. The Hall–Kier alpha value is -2.71. The third-order valence-electron chi connectivity index (χ3n) is 6.25. The Morgan fingerprint density at radius 3 is 2.69 bits per heavy atom. The van der Waals surface area contributed by atoms with Gasteiger partial charge in [0, 0.05) is 54.3 Å². The molecule has 4 heterocycles. The van der Waals surface area contributed by atoms with E-state index in [4.69, 9.17) is 9.84 Å². The number of nitrogens with zero attached hydrogens (tertiary/aromatic N) is 5.